The van der Waals surface area contributed by atoms with Crippen LogP contribution in [0.3, 0.4) is 0 Å². The van der Waals surface area contributed by atoms with E-state index in [1.165, 1.54) is 12.7 Å². The second-order valence-corrected chi connectivity index (χ2v) is 15.6. The van der Waals surface area contributed by atoms with E-state index in [-0.39, 0.29) is 22.8 Å². The molecule has 34 heavy (non-hydrogen) atoms. The van der Waals surface area contributed by atoms with Crippen molar-refractivity contribution in [2.45, 2.75) is 58.0 Å². The van der Waals surface area contributed by atoms with Crippen molar-refractivity contribution < 1.29 is 18.4 Å². The van der Waals surface area contributed by atoms with Crippen molar-refractivity contribution >= 4 is 25.4 Å². The molecule has 4 rings (SSSR count). The van der Waals surface area contributed by atoms with Crippen LogP contribution in [0.1, 0.15) is 43.6 Å². The van der Waals surface area contributed by atoms with Crippen LogP contribution in [0.4, 0.5) is 0 Å². The van der Waals surface area contributed by atoms with E-state index >= 15 is 0 Å². The van der Waals surface area contributed by atoms with E-state index < -0.39 is 8.32 Å². The lowest BCUT2D eigenvalue weighted by Gasteiger charge is -2.35. The number of rotatable bonds is 7. The van der Waals surface area contributed by atoms with Gasteiger partial charge in [0.05, 0.1) is 19.6 Å². The number of carbonyl (C=O) groups excluding carboxylic acids is 1. The van der Waals surface area contributed by atoms with E-state index in [0.717, 1.165) is 35.5 Å². The molecule has 182 valence electrons. The minimum absolute atomic E-state index is 0.00472. The Morgan fingerprint density at radius 1 is 1.18 bits per heavy atom. The quantitative estimate of drug-likeness (QED) is 0.317. The van der Waals surface area contributed by atoms with Crippen molar-refractivity contribution in [3.63, 3.8) is 0 Å². The monoisotopic (exact) mass is 480 g/mol. The van der Waals surface area contributed by atoms with Crippen molar-refractivity contribution in [2.24, 2.45) is 5.92 Å². The Hall–Kier alpha value is -2.48. The Bertz CT molecular complexity index is 1140. The standard InChI is InChI=1S/C27H36N2O4Si/c1-27(2,3)34(5,6)32-18-21-13-24-25(33-21)12-20(14-28-24)22-16-29(17-23(22)26(30)31-4)15-19-10-8-7-9-11-19/h7-14,22-23H,15-18H2,1-6H3/t22-,23+/m0/s1. The van der Waals surface area contributed by atoms with Gasteiger partial charge in [-0.3, -0.25) is 14.7 Å². The molecule has 1 aliphatic rings. The Kier molecular flexibility index (Phi) is 6.98. The molecule has 6 nitrogen and oxygen atoms in total. The summed E-state index contributed by atoms with van der Waals surface area (Å²) in [4.78, 5) is 19.6. The third-order valence-electron chi connectivity index (χ3n) is 7.40. The smallest absolute Gasteiger partial charge is 0.310 e. The van der Waals surface area contributed by atoms with E-state index in [0.29, 0.717) is 13.2 Å². The largest absolute Gasteiger partial charge is 0.469 e. The van der Waals surface area contributed by atoms with Gasteiger partial charge in [-0.1, -0.05) is 51.1 Å². The van der Waals surface area contributed by atoms with Gasteiger partial charge in [-0.2, -0.15) is 0 Å². The molecule has 1 aromatic carbocycles. The van der Waals surface area contributed by atoms with Crippen molar-refractivity contribution in [3.8, 4) is 0 Å². The summed E-state index contributed by atoms with van der Waals surface area (Å²) in [6.45, 7) is 13.8. The molecular weight excluding hydrogens is 444 g/mol. The van der Waals surface area contributed by atoms with Crippen LogP contribution >= 0.6 is 0 Å². The Morgan fingerprint density at radius 3 is 2.59 bits per heavy atom. The first-order valence-corrected chi connectivity index (χ1v) is 14.8. The molecule has 0 radical (unpaired) electrons. The lowest BCUT2D eigenvalue weighted by atomic mass is 9.90. The number of hydrogen-bond acceptors (Lipinski definition) is 6. The number of furan rings is 1. The van der Waals surface area contributed by atoms with E-state index in [9.17, 15) is 4.79 Å². The third kappa shape index (κ3) is 5.27. The number of methoxy groups -OCH3 is 1. The van der Waals surface area contributed by atoms with Crippen LogP contribution in [-0.2, 0) is 27.1 Å². The van der Waals surface area contributed by atoms with Crippen LogP contribution in [0.2, 0.25) is 18.1 Å². The summed E-state index contributed by atoms with van der Waals surface area (Å²) in [5.41, 5.74) is 3.78. The van der Waals surface area contributed by atoms with Crippen LogP contribution in [-0.4, -0.2) is 44.4 Å². The van der Waals surface area contributed by atoms with Crippen molar-refractivity contribution in [1.82, 2.24) is 9.88 Å². The number of carbonyl (C=O) groups is 1. The van der Waals surface area contributed by atoms with Crippen LogP contribution in [0.5, 0.6) is 0 Å². The number of benzene rings is 1. The van der Waals surface area contributed by atoms with Gasteiger partial charge in [-0.05, 0) is 35.3 Å². The van der Waals surface area contributed by atoms with Gasteiger partial charge in [0.1, 0.15) is 11.3 Å². The Labute approximate surface area is 203 Å². The molecule has 0 amide bonds. The van der Waals surface area contributed by atoms with Crippen molar-refractivity contribution in [1.29, 1.82) is 0 Å². The first-order valence-electron chi connectivity index (χ1n) is 11.9. The number of likely N-dealkylation sites (tertiary alicyclic amines) is 1. The van der Waals surface area contributed by atoms with Crippen LogP contribution < -0.4 is 0 Å². The summed E-state index contributed by atoms with van der Waals surface area (Å²) in [5.74, 6) is 0.379. The lowest BCUT2D eigenvalue weighted by molar-refractivity contribution is -0.145. The van der Waals surface area contributed by atoms with Gasteiger partial charge in [0.25, 0.3) is 0 Å². The van der Waals surface area contributed by atoms with Gasteiger partial charge >= 0.3 is 5.97 Å². The first-order chi connectivity index (χ1) is 16.1. The molecule has 1 aliphatic heterocycles. The van der Waals surface area contributed by atoms with Gasteiger partial charge in [0.15, 0.2) is 13.9 Å². The molecule has 3 heterocycles. The number of esters is 1. The maximum Gasteiger partial charge on any atom is 0.310 e. The fourth-order valence-electron chi connectivity index (χ4n) is 4.31. The fraction of sp³-hybridized carbons (Fsp3) is 0.481. The Balaban J connectivity index is 1.53. The summed E-state index contributed by atoms with van der Waals surface area (Å²) in [6, 6.07) is 14.3. The number of nitrogens with zero attached hydrogens (tertiary/aromatic N) is 2. The zero-order valence-corrected chi connectivity index (χ0v) is 22.1. The summed E-state index contributed by atoms with van der Waals surface area (Å²) in [5, 5.41) is 0.140. The summed E-state index contributed by atoms with van der Waals surface area (Å²) in [6.07, 6.45) is 1.88. The molecule has 2 aromatic heterocycles. The van der Waals surface area contributed by atoms with Crippen molar-refractivity contribution in [2.75, 3.05) is 20.2 Å². The van der Waals surface area contributed by atoms with Crippen molar-refractivity contribution in [3.05, 3.63) is 65.5 Å². The molecule has 1 saturated heterocycles. The molecule has 0 bridgehead atoms. The first kappa shape index (κ1) is 24.6. The zero-order valence-electron chi connectivity index (χ0n) is 21.1. The van der Waals surface area contributed by atoms with E-state index in [2.05, 4.69) is 55.9 Å². The van der Waals surface area contributed by atoms with Crippen LogP contribution in [0.15, 0.2) is 53.1 Å². The van der Waals surface area contributed by atoms with Gasteiger partial charge in [-0.15, -0.1) is 0 Å². The number of aromatic nitrogens is 1. The minimum atomic E-state index is -1.87. The SMILES string of the molecule is COC(=O)[C@@H]1CN(Cc2ccccc2)C[C@H]1c1cnc2cc(CO[Si](C)(C)C(C)(C)C)oc2c1. The molecule has 0 saturated carbocycles. The Morgan fingerprint density at radius 2 is 1.91 bits per heavy atom. The highest BCUT2D eigenvalue weighted by atomic mass is 28.4. The second-order valence-electron chi connectivity index (χ2n) is 10.8. The highest BCUT2D eigenvalue weighted by Gasteiger charge is 2.40. The van der Waals surface area contributed by atoms with Gasteiger partial charge in [0, 0.05) is 37.8 Å². The number of pyridine rings is 1. The predicted molar refractivity (Wildman–Crippen MR) is 136 cm³/mol. The lowest BCUT2D eigenvalue weighted by Crippen LogP contribution is -2.40. The summed E-state index contributed by atoms with van der Waals surface area (Å²) in [7, 11) is -0.412. The van der Waals surface area contributed by atoms with E-state index in [1.807, 2.05) is 36.5 Å². The van der Waals surface area contributed by atoms with Crippen LogP contribution in [0, 0.1) is 5.92 Å². The highest BCUT2D eigenvalue weighted by Crippen LogP contribution is 2.38. The third-order valence-corrected chi connectivity index (χ3v) is 11.9. The zero-order chi connectivity index (χ0) is 24.5. The number of fused-ring (bicyclic) bond motifs is 1. The van der Waals surface area contributed by atoms with E-state index in [4.69, 9.17) is 13.6 Å². The highest BCUT2D eigenvalue weighted by molar-refractivity contribution is 6.74. The summed E-state index contributed by atoms with van der Waals surface area (Å²) >= 11 is 0. The molecule has 0 unspecified atom stereocenters. The molecule has 0 spiro atoms. The normalized spacial score (nSPS) is 19.6. The summed E-state index contributed by atoms with van der Waals surface area (Å²) < 4.78 is 17.6. The second kappa shape index (κ2) is 9.64. The fourth-order valence-corrected chi connectivity index (χ4v) is 5.25. The molecule has 0 N–H and O–H groups in total. The average molecular weight is 481 g/mol. The molecule has 1 fully saturated rings. The number of hydrogen-bond donors (Lipinski definition) is 0. The molecule has 3 aromatic rings. The van der Waals surface area contributed by atoms with Gasteiger partial charge in [0.2, 0.25) is 0 Å². The molecule has 2 atom stereocenters. The predicted octanol–water partition coefficient (Wildman–Crippen LogP) is 5.74. The maximum atomic E-state index is 12.6. The van der Waals surface area contributed by atoms with E-state index in [1.54, 1.807) is 0 Å². The molecule has 7 heteroatoms. The minimum Gasteiger partial charge on any atom is -0.469 e. The topological polar surface area (TPSA) is 64.8 Å². The number of ether oxygens (including phenoxy) is 1. The maximum absolute atomic E-state index is 12.6. The average Bonchev–Trinajstić information content (AvgIpc) is 3.40. The van der Waals surface area contributed by atoms with Gasteiger partial charge in [-0.25, -0.2) is 0 Å². The molecule has 0 aliphatic carbocycles. The van der Waals surface area contributed by atoms with Gasteiger partial charge < -0.3 is 13.6 Å². The molecular formula is C27H36N2O4Si. The van der Waals surface area contributed by atoms with Crippen LogP contribution in [0.25, 0.3) is 11.1 Å².